The third-order valence-electron chi connectivity index (χ3n) is 3.52. The van der Waals surface area contributed by atoms with Crippen molar-refractivity contribution in [2.24, 2.45) is 0 Å². The summed E-state index contributed by atoms with van der Waals surface area (Å²) in [5.74, 6) is -1.77. The second-order valence-corrected chi connectivity index (χ2v) is 7.51. The summed E-state index contributed by atoms with van der Waals surface area (Å²) in [6.07, 6.45) is 0. The largest absolute Gasteiger partial charge is 0.465 e. The zero-order chi connectivity index (χ0) is 19.3. The van der Waals surface area contributed by atoms with Gasteiger partial charge in [0.2, 0.25) is 0 Å². The molecule has 0 saturated carbocycles. The number of nitrogens with one attached hydrogen (secondary N) is 2. The number of methoxy groups -OCH3 is 1. The van der Waals surface area contributed by atoms with Crippen LogP contribution in [0, 0.1) is 0 Å². The van der Waals surface area contributed by atoms with Crippen LogP contribution in [0.3, 0.4) is 0 Å². The van der Waals surface area contributed by atoms with Gasteiger partial charge in [0, 0.05) is 18.8 Å². The number of amides is 3. The van der Waals surface area contributed by atoms with Crippen LogP contribution in [-0.4, -0.2) is 55.1 Å². The van der Waals surface area contributed by atoms with Crippen molar-refractivity contribution in [3.05, 3.63) is 23.8 Å². The van der Waals surface area contributed by atoms with E-state index in [2.05, 4.69) is 5.32 Å². The van der Waals surface area contributed by atoms with Crippen LogP contribution in [0.4, 0.5) is 16.2 Å². The summed E-state index contributed by atoms with van der Waals surface area (Å²) in [6.45, 7) is 2.50. The first kappa shape index (κ1) is 20.6. The molecule has 2 rings (SSSR count). The van der Waals surface area contributed by atoms with Crippen molar-refractivity contribution in [2.45, 2.75) is 3.79 Å². The number of morpholine rings is 1. The molecule has 1 heterocycles. The van der Waals surface area contributed by atoms with E-state index in [0.29, 0.717) is 26.3 Å². The highest BCUT2D eigenvalue weighted by molar-refractivity contribution is 6.76. The third kappa shape index (κ3) is 5.38. The summed E-state index contributed by atoms with van der Waals surface area (Å²) in [7, 11) is 1.22. The van der Waals surface area contributed by atoms with Gasteiger partial charge in [0.25, 0.3) is 9.70 Å². The number of benzene rings is 1. The van der Waals surface area contributed by atoms with E-state index in [0.717, 1.165) is 5.69 Å². The number of imide groups is 1. The fraction of sp³-hybridized carbons (Fsp3) is 0.400. The Bertz CT molecular complexity index is 702. The van der Waals surface area contributed by atoms with Gasteiger partial charge in [-0.25, -0.2) is 9.59 Å². The third-order valence-corrected chi connectivity index (χ3v) is 4.03. The van der Waals surface area contributed by atoms with Gasteiger partial charge >= 0.3 is 12.0 Å². The lowest BCUT2D eigenvalue weighted by atomic mass is 10.1. The first-order chi connectivity index (χ1) is 12.2. The maximum Gasteiger partial charge on any atom is 0.340 e. The van der Waals surface area contributed by atoms with Gasteiger partial charge in [0.15, 0.2) is 0 Å². The van der Waals surface area contributed by atoms with Gasteiger partial charge in [-0.1, -0.05) is 34.8 Å². The highest BCUT2D eigenvalue weighted by atomic mass is 35.6. The lowest BCUT2D eigenvalue weighted by Crippen LogP contribution is -2.41. The van der Waals surface area contributed by atoms with Crippen LogP contribution in [0.25, 0.3) is 0 Å². The lowest BCUT2D eigenvalue weighted by Gasteiger charge is -2.29. The number of carbonyl (C=O) groups excluding carboxylic acids is 3. The van der Waals surface area contributed by atoms with Crippen LogP contribution in [0.2, 0.25) is 0 Å². The molecule has 0 aromatic heterocycles. The van der Waals surface area contributed by atoms with E-state index in [-0.39, 0.29) is 11.3 Å². The van der Waals surface area contributed by atoms with Crippen molar-refractivity contribution < 1.29 is 23.9 Å². The summed E-state index contributed by atoms with van der Waals surface area (Å²) >= 11 is 16.2. The number of nitrogens with zero attached hydrogens (tertiary/aromatic N) is 1. The average molecular weight is 425 g/mol. The van der Waals surface area contributed by atoms with Crippen molar-refractivity contribution in [1.82, 2.24) is 5.32 Å². The quantitative estimate of drug-likeness (QED) is 0.571. The zero-order valence-electron chi connectivity index (χ0n) is 13.7. The topological polar surface area (TPSA) is 97.0 Å². The minimum absolute atomic E-state index is 0.118. The predicted molar refractivity (Wildman–Crippen MR) is 98.3 cm³/mol. The molecule has 0 bridgehead atoms. The van der Waals surface area contributed by atoms with Crippen molar-refractivity contribution >= 4 is 64.1 Å². The Morgan fingerprint density at radius 1 is 1.19 bits per heavy atom. The number of hydrogen-bond donors (Lipinski definition) is 2. The van der Waals surface area contributed by atoms with Gasteiger partial charge in [-0.15, -0.1) is 0 Å². The van der Waals surface area contributed by atoms with E-state index in [1.165, 1.54) is 13.2 Å². The van der Waals surface area contributed by atoms with Gasteiger partial charge in [0.1, 0.15) is 0 Å². The molecule has 11 heteroatoms. The SMILES string of the molecule is COC(=O)c1cc(N2CCOCC2)ccc1NC(=O)NC(=O)C(Cl)(Cl)Cl. The van der Waals surface area contributed by atoms with Gasteiger partial charge < -0.3 is 19.7 Å². The summed E-state index contributed by atoms with van der Waals surface area (Å²) in [5.41, 5.74) is 1.04. The molecule has 8 nitrogen and oxygen atoms in total. The number of carbonyl (C=O) groups is 3. The maximum atomic E-state index is 12.1. The minimum Gasteiger partial charge on any atom is -0.465 e. The minimum atomic E-state index is -2.29. The number of halogens is 3. The molecule has 1 aromatic carbocycles. The molecule has 2 N–H and O–H groups in total. The first-order valence-electron chi connectivity index (χ1n) is 7.46. The van der Waals surface area contributed by atoms with Gasteiger partial charge in [-0.2, -0.15) is 0 Å². The van der Waals surface area contributed by atoms with Crippen molar-refractivity contribution in [2.75, 3.05) is 43.6 Å². The average Bonchev–Trinajstić information content (AvgIpc) is 2.61. The van der Waals surface area contributed by atoms with Crippen LogP contribution in [-0.2, 0) is 14.3 Å². The fourth-order valence-corrected chi connectivity index (χ4v) is 2.41. The highest BCUT2D eigenvalue weighted by Gasteiger charge is 2.32. The lowest BCUT2D eigenvalue weighted by molar-refractivity contribution is -0.119. The summed E-state index contributed by atoms with van der Waals surface area (Å²) in [4.78, 5) is 37.5. The molecule has 26 heavy (non-hydrogen) atoms. The molecule has 0 aliphatic carbocycles. The molecular formula is C15H16Cl3N3O5. The van der Waals surface area contributed by atoms with E-state index in [1.807, 2.05) is 10.2 Å². The highest BCUT2D eigenvalue weighted by Crippen LogP contribution is 2.27. The summed E-state index contributed by atoms with van der Waals surface area (Å²) < 4.78 is 7.76. The molecule has 0 spiro atoms. The molecule has 1 aliphatic heterocycles. The number of ether oxygens (including phenoxy) is 2. The Labute approximate surface area is 164 Å². The number of alkyl halides is 3. The zero-order valence-corrected chi connectivity index (χ0v) is 16.0. The number of hydrogen-bond acceptors (Lipinski definition) is 6. The Hall–Kier alpha value is -1.74. The predicted octanol–water partition coefficient (Wildman–Crippen LogP) is 2.33. The normalized spacial score (nSPS) is 14.5. The van der Waals surface area contributed by atoms with Crippen LogP contribution >= 0.6 is 34.8 Å². The maximum absolute atomic E-state index is 12.1. The number of rotatable bonds is 3. The Morgan fingerprint density at radius 2 is 1.85 bits per heavy atom. The summed E-state index contributed by atoms with van der Waals surface area (Å²) in [6, 6.07) is 3.88. The molecule has 3 amide bonds. The standard InChI is InChI=1S/C15H16Cl3N3O5/c1-25-12(22)10-8-9(21-4-6-26-7-5-21)2-3-11(10)19-14(24)20-13(23)15(16,17)18/h2-3,8H,4-7H2,1H3,(H2,19,20,23,24). The van der Waals surface area contributed by atoms with E-state index >= 15 is 0 Å². The fourth-order valence-electron chi connectivity index (χ4n) is 2.27. The molecule has 142 valence electrons. The van der Waals surface area contributed by atoms with Gasteiger partial charge in [-0.3, -0.25) is 10.1 Å². The number of urea groups is 1. The first-order valence-corrected chi connectivity index (χ1v) is 8.60. The van der Waals surface area contributed by atoms with Crippen molar-refractivity contribution in [3.8, 4) is 0 Å². The molecule has 0 unspecified atom stereocenters. The van der Waals surface area contributed by atoms with Gasteiger partial charge in [0.05, 0.1) is 31.6 Å². The molecular weight excluding hydrogens is 409 g/mol. The smallest absolute Gasteiger partial charge is 0.340 e. The summed E-state index contributed by atoms with van der Waals surface area (Å²) in [5, 5.41) is 4.23. The molecule has 1 aromatic rings. The van der Waals surface area contributed by atoms with E-state index in [1.54, 1.807) is 12.1 Å². The number of esters is 1. The van der Waals surface area contributed by atoms with Crippen LogP contribution in [0.1, 0.15) is 10.4 Å². The Balaban J connectivity index is 2.20. The van der Waals surface area contributed by atoms with Crippen molar-refractivity contribution in [3.63, 3.8) is 0 Å². The van der Waals surface area contributed by atoms with Crippen LogP contribution in [0.15, 0.2) is 18.2 Å². The van der Waals surface area contributed by atoms with E-state index in [9.17, 15) is 14.4 Å². The number of anilines is 2. The van der Waals surface area contributed by atoms with Crippen LogP contribution in [0.5, 0.6) is 0 Å². The van der Waals surface area contributed by atoms with Crippen molar-refractivity contribution in [1.29, 1.82) is 0 Å². The Morgan fingerprint density at radius 3 is 2.42 bits per heavy atom. The molecule has 1 fully saturated rings. The van der Waals surface area contributed by atoms with E-state index < -0.39 is 21.7 Å². The second-order valence-electron chi connectivity index (χ2n) is 5.23. The Kier molecular flexibility index (Phi) is 6.94. The second kappa shape index (κ2) is 8.77. The molecule has 0 radical (unpaired) electrons. The molecule has 1 saturated heterocycles. The van der Waals surface area contributed by atoms with Crippen LogP contribution < -0.4 is 15.5 Å². The molecule has 0 atom stereocenters. The van der Waals surface area contributed by atoms with E-state index in [4.69, 9.17) is 44.3 Å². The monoisotopic (exact) mass is 423 g/mol. The molecule has 1 aliphatic rings. The van der Waals surface area contributed by atoms with Gasteiger partial charge in [-0.05, 0) is 18.2 Å².